The number of nitrogens with one attached hydrogen (secondary N) is 1. The molecule has 7 nitrogen and oxygen atoms in total. The topological polar surface area (TPSA) is 74.6 Å². The predicted octanol–water partition coefficient (Wildman–Crippen LogP) is 5.68. The van der Waals surface area contributed by atoms with E-state index in [9.17, 15) is 4.79 Å². The molecule has 1 aliphatic heterocycles. The van der Waals surface area contributed by atoms with Crippen molar-refractivity contribution in [2.45, 2.75) is 11.5 Å². The molecule has 0 aliphatic carbocycles. The van der Waals surface area contributed by atoms with Crippen LogP contribution in [0.5, 0.6) is 23.0 Å². The highest BCUT2D eigenvalue weighted by Gasteiger charge is 2.25. The first-order valence-corrected chi connectivity index (χ1v) is 11.9. The number of rotatable bonds is 7. The van der Waals surface area contributed by atoms with Gasteiger partial charge in [-0.25, -0.2) is 4.68 Å². The van der Waals surface area contributed by atoms with Crippen LogP contribution in [0.25, 0.3) is 5.69 Å². The average molecular weight is 474 g/mol. The molecular formula is C26H23N3O4S. The number of aromatic nitrogens is 2. The summed E-state index contributed by atoms with van der Waals surface area (Å²) in [5.74, 6) is 4.60. The van der Waals surface area contributed by atoms with Gasteiger partial charge in [0.1, 0.15) is 28.8 Å². The lowest BCUT2D eigenvalue weighted by Crippen LogP contribution is -2.16. The van der Waals surface area contributed by atoms with E-state index in [2.05, 4.69) is 5.32 Å². The Morgan fingerprint density at radius 1 is 0.882 bits per heavy atom. The predicted molar refractivity (Wildman–Crippen MR) is 133 cm³/mol. The van der Waals surface area contributed by atoms with E-state index < -0.39 is 0 Å². The summed E-state index contributed by atoms with van der Waals surface area (Å²) in [6, 6.07) is 22.4. The van der Waals surface area contributed by atoms with Gasteiger partial charge in [0.25, 0.3) is 5.91 Å². The zero-order valence-corrected chi connectivity index (χ0v) is 19.6. The van der Waals surface area contributed by atoms with Gasteiger partial charge in [-0.15, -0.1) is 0 Å². The number of thioether (sulfide) groups is 1. The number of benzene rings is 3. The first-order chi connectivity index (χ1) is 16.6. The van der Waals surface area contributed by atoms with Crippen LogP contribution >= 0.6 is 11.8 Å². The fourth-order valence-corrected chi connectivity index (χ4v) is 4.76. The Hall–Kier alpha value is -3.91. The second kappa shape index (κ2) is 9.52. The number of fused-ring (bicyclic) bond motifs is 1. The molecule has 1 N–H and O–H groups in total. The van der Waals surface area contributed by atoms with Crippen LogP contribution in [-0.4, -0.2) is 29.9 Å². The van der Waals surface area contributed by atoms with Crippen molar-refractivity contribution < 1.29 is 19.0 Å². The number of carbonyl (C=O) groups is 1. The van der Waals surface area contributed by atoms with Gasteiger partial charge in [-0.05, 0) is 48.5 Å². The molecule has 0 saturated heterocycles. The Balaban J connectivity index is 1.44. The van der Waals surface area contributed by atoms with Crippen LogP contribution in [0.4, 0.5) is 5.82 Å². The van der Waals surface area contributed by atoms with Crippen molar-refractivity contribution >= 4 is 23.5 Å². The van der Waals surface area contributed by atoms with Crippen LogP contribution in [0.1, 0.15) is 21.6 Å². The quantitative estimate of drug-likeness (QED) is 0.372. The Bertz CT molecular complexity index is 1300. The number of ether oxygens (including phenoxy) is 3. The molecule has 1 aliphatic rings. The fourth-order valence-electron chi connectivity index (χ4n) is 3.73. The van der Waals surface area contributed by atoms with Crippen LogP contribution in [0.2, 0.25) is 0 Å². The summed E-state index contributed by atoms with van der Waals surface area (Å²) in [6.45, 7) is 0. The highest BCUT2D eigenvalue weighted by molar-refractivity contribution is 7.98. The Morgan fingerprint density at radius 3 is 2.24 bits per heavy atom. The molecule has 8 heteroatoms. The van der Waals surface area contributed by atoms with Gasteiger partial charge >= 0.3 is 0 Å². The molecule has 2 heterocycles. The minimum atomic E-state index is -0.262. The zero-order chi connectivity index (χ0) is 23.5. The van der Waals surface area contributed by atoms with Gasteiger partial charge in [0, 0.05) is 28.7 Å². The Labute approximate surface area is 201 Å². The molecule has 0 saturated carbocycles. The standard InChI is InChI=1S/C26H23N3O4S/c1-31-21-12-17(13-22(14-21)32-2)26(30)27-25-23-15-34-16-24(23)28-29(25)18-8-10-20(11-9-18)33-19-6-4-3-5-7-19/h3-14H,15-16H2,1-2H3,(H,27,30). The molecule has 172 valence electrons. The van der Waals surface area contributed by atoms with Gasteiger partial charge in [-0.3, -0.25) is 4.79 Å². The van der Waals surface area contributed by atoms with Gasteiger partial charge in [-0.1, -0.05) is 18.2 Å². The van der Waals surface area contributed by atoms with Gasteiger partial charge in [-0.2, -0.15) is 16.9 Å². The summed E-state index contributed by atoms with van der Waals surface area (Å²) < 4.78 is 18.3. The van der Waals surface area contributed by atoms with E-state index in [1.807, 2.05) is 54.6 Å². The molecular weight excluding hydrogens is 450 g/mol. The van der Waals surface area contributed by atoms with Gasteiger partial charge in [0.15, 0.2) is 0 Å². The van der Waals surface area contributed by atoms with Crippen molar-refractivity contribution in [3.05, 3.63) is 89.6 Å². The van der Waals surface area contributed by atoms with Crippen LogP contribution in [0.3, 0.4) is 0 Å². The molecule has 0 unspecified atom stereocenters. The van der Waals surface area contributed by atoms with Gasteiger partial charge in [0.2, 0.25) is 0 Å². The van der Waals surface area contributed by atoms with Crippen molar-refractivity contribution in [1.29, 1.82) is 0 Å². The van der Waals surface area contributed by atoms with E-state index in [-0.39, 0.29) is 5.91 Å². The molecule has 1 amide bonds. The average Bonchev–Trinajstić information content (AvgIpc) is 3.47. The van der Waals surface area contributed by atoms with E-state index in [0.29, 0.717) is 22.9 Å². The fraction of sp³-hybridized carbons (Fsp3) is 0.154. The molecule has 0 spiro atoms. The monoisotopic (exact) mass is 473 g/mol. The van der Waals surface area contributed by atoms with Crippen LogP contribution < -0.4 is 19.5 Å². The van der Waals surface area contributed by atoms with E-state index in [1.54, 1.807) is 48.9 Å². The van der Waals surface area contributed by atoms with Crippen molar-refractivity contribution in [2.24, 2.45) is 0 Å². The van der Waals surface area contributed by atoms with Crippen LogP contribution in [-0.2, 0) is 11.5 Å². The lowest BCUT2D eigenvalue weighted by molar-refractivity contribution is 0.102. The maximum atomic E-state index is 13.2. The molecule has 0 radical (unpaired) electrons. The number of carbonyl (C=O) groups excluding carboxylic acids is 1. The molecule has 3 aromatic carbocycles. The van der Waals surface area contributed by atoms with Gasteiger partial charge in [0.05, 0.1) is 25.6 Å². The summed E-state index contributed by atoms with van der Waals surface area (Å²) in [5.41, 5.74) is 3.29. The third-order valence-electron chi connectivity index (χ3n) is 5.46. The molecule has 0 fully saturated rings. The number of para-hydroxylation sites is 1. The molecule has 0 bridgehead atoms. The summed E-state index contributed by atoms with van der Waals surface area (Å²) in [4.78, 5) is 13.2. The lowest BCUT2D eigenvalue weighted by atomic mass is 10.1. The van der Waals surface area contributed by atoms with Crippen molar-refractivity contribution in [2.75, 3.05) is 19.5 Å². The van der Waals surface area contributed by atoms with E-state index >= 15 is 0 Å². The molecule has 5 rings (SSSR count). The summed E-state index contributed by atoms with van der Waals surface area (Å²) in [5, 5.41) is 7.85. The van der Waals surface area contributed by atoms with Crippen molar-refractivity contribution in [3.8, 4) is 28.7 Å². The Kier molecular flexibility index (Phi) is 6.14. The van der Waals surface area contributed by atoms with Crippen molar-refractivity contribution in [1.82, 2.24) is 9.78 Å². The SMILES string of the molecule is COc1cc(OC)cc(C(=O)Nc2c3c(nn2-c2ccc(Oc4ccccc4)cc2)CSC3)c1. The molecule has 4 aromatic rings. The Morgan fingerprint density at radius 2 is 1.56 bits per heavy atom. The normalized spacial score (nSPS) is 12.2. The number of anilines is 1. The van der Waals surface area contributed by atoms with Gasteiger partial charge < -0.3 is 19.5 Å². The van der Waals surface area contributed by atoms with E-state index in [0.717, 1.165) is 39.9 Å². The minimum absolute atomic E-state index is 0.262. The van der Waals surface area contributed by atoms with E-state index in [1.165, 1.54) is 0 Å². The van der Waals surface area contributed by atoms with Crippen LogP contribution in [0, 0.1) is 0 Å². The molecule has 0 atom stereocenters. The highest BCUT2D eigenvalue weighted by atomic mass is 32.2. The molecule has 1 aromatic heterocycles. The number of hydrogen-bond donors (Lipinski definition) is 1. The number of hydrogen-bond acceptors (Lipinski definition) is 6. The second-order valence-electron chi connectivity index (χ2n) is 7.64. The summed E-state index contributed by atoms with van der Waals surface area (Å²) in [6.07, 6.45) is 0. The van der Waals surface area contributed by atoms with Crippen molar-refractivity contribution in [3.63, 3.8) is 0 Å². The first-order valence-electron chi connectivity index (χ1n) is 10.7. The van der Waals surface area contributed by atoms with E-state index in [4.69, 9.17) is 19.3 Å². The lowest BCUT2D eigenvalue weighted by Gasteiger charge is -2.13. The molecule has 34 heavy (non-hydrogen) atoms. The maximum absolute atomic E-state index is 13.2. The summed E-state index contributed by atoms with van der Waals surface area (Å²) >= 11 is 1.78. The third-order valence-corrected chi connectivity index (χ3v) is 6.43. The first kappa shape index (κ1) is 21.9. The minimum Gasteiger partial charge on any atom is -0.497 e. The highest BCUT2D eigenvalue weighted by Crippen LogP contribution is 2.37. The smallest absolute Gasteiger partial charge is 0.257 e. The number of methoxy groups -OCH3 is 2. The van der Waals surface area contributed by atoms with Crippen LogP contribution in [0.15, 0.2) is 72.8 Å². The summed E-state index contributed by atoms with van der Waals surface area (Å²) in [7, 11) is 3.11. The number of nitrogens with zero attached hydrogens (tertiary/aromatic N) is 2. The number of amides is 1. The third kappa shape index (κ3) is 4.45. The zero-order valence-electron chi connectivity index (χ0n) is 18.8. The second-order valence-corrected chi connectivity index (χ2v) is 8.63. The maximum Gasteiger partial charge on any atom is 0.257 e. The largest absolute Gasteiger partial charge is 0.497 e.